The van der Waals surface area contributed by atoms with Gasteiger partial charge in [-0.05, 0) is 0 Å². The monoisotopic (exact) mass is 1540 g/mol. The van der Waals surface area contributed by atoms with Gasteiger partial charge in [0.15, 0.2) is 16.8 Å². The molecule has 0 aliphatic rings. The standard InChI is InChI=1S/3C12H14O13.C6H8O7.3ClH.6Na.3H/c3*13-5(14)1-11(24,9(20)21)4-8(19)25-12(10(22)23,2-6(15)16)3-7(17)18;7-3(8)1-6(13,5(11)12)2-4(9)10;;;;;;;;;;;;/h3*24H,1-4H2,(H,13,14)(H,15,16)(H,17,18)(H,20,21)(H,22,23);13H,1-2H2,(H,7,8)(H,9,10)(H,11,12);3*1H;;;;;;;;;/q;;;;;;;;;;3*+1;;;/p-3. The van der Waals surface area contributed by atoms with Crippen molar-refractivity contribution in [3.05, 3.63) is 0 Å². The first-order chi connectivity index (χ1) is 39.5. The molecule has 0 amide bonds. The molecular weight excluding hydrogens is 1480 g/mol. The maximum atomic E-state index is 11.7. The first kappa shape index (κ1) is 123. The Morgan fingerprint density at radius 3 is 0.474 bits per heavy atom. The van der Waals surface area contributed by atoms with Crippen molar-refractivity contribution in [3.8, 4) is 0 Å². The van der Waals surface area contributed by atoms with Gasteiger partial charge in [0.25, 0.3) is 0 Å². The van der Waals surface area contributed by atoms with Gasteiger partial charge < -0.3 is 141 Å². The molecule has 3 atom stereocenters. The molecule has 0 aliphatic carbocycles. The summed E-state index contributed by atoms with van der Waals surface area (Å²) in [5.41, 5.74) is -21.7. The third-order valence-corrected chi connectivity index (χ3v) is 9.81. The number of aliphatic carboxylic acids is 18. The van der Waals surface area contributed by atoms with Crippen molar-refractivity contribution in [1.29, 1.82) is 0 Å². The van der Waals surface area contributed by atoms with Crippen LogP contribution in [0.3, 0.4) is 0 Å². The molecule has 55 heteroatoms. The van der Waals surface area contributed by atoms with Gasteiger partial charge in [0.2, 0.25) is 16.8 Å². The summed E-state index contributed by atoms with van der Waals surface area (Å²) in [6, 6.07) is 0. The second-order valence-electron chi connectivity index (χ2n) is 17.4. The van der Waals surface area contributed by atoms with Crippen molar-refractivity contribution in [2.24, 2.45) is 0 Å². The fourth-order valence-electron chi connectivity index (χ4n) is 6.01. The number of carboxylic acid groups (broad SMARTS) is 18. The first-order valence-electron chi connectivity index (χ1n) is 22.0. The third-order valence-electron chi connectivity index (χ3n) is 9.81. The molecule has 0 aromatic carbocycles. The summed E-state index contributed by atoms with van der Waals surface area (Å²) in [6.45, 7) is 0. The molecule has 0 aromatic heterocycles. The maximum absolute atomic E-state index is 11.7. The normalized spacial score (nSPS) is 11.8. The number of rotatable bonds is 38. The number of hydrogen-bond acceptors (Lipinski definition) is 31. The molecule has 46 nitrogen and oxygen atoms in total. The predicted octanol–water partition coefficient (Wildman–Crippen LogP) is -21.0. The summed E-state index contributed by atoms with van der Waals surface area (Å²) in [5.74, 6) is -40.7. The average Bonchev–Trinajstić information content (AvgIpc) is 0.845. The molecule has 0 aromatic rings. The van der Waals surface area contributed by atoms with Crippen molar-refractivity contribution in [2.75, 3.05) is 0 Å². The van der Waals surface area contributed by atoms with Crippen LogP contribution in [0.5, 0.6) is 0 Å². The summed E-state index contributed by atoms with van der Waals surface area (Å²) in [5, 5.41) is 199. The third kappa shape index (κ3) is 48.9. The van der Waals surface area contributed by atoms with E-state index in [0.29, 0.717) is 0 Å². The Bertz CT molecular complexity index is 2520. The van der Waals surface area contributed by atoms with Gasteiger partial charge >= 0.3 is 285 Å². The molecule has 0 saturated carbocycles. The molecule has 0 bridgehead atoms. The number of ether oxygens (including phenoxy) is 3. The number of carboxylic acids is 18. The Balaban J connectivity index is -0.0000000873. The Morgan fingerprint density at radius 2 is 0.381 bits per heavy atom. The van der Waals surface area contributed by atoms with Crippen LogP contribution in [0.1, 0.15) is 89.9 Å². The number of hydrogen-bond donors (Lipinski definition) is 19. The molecule has 0 rings (SSSR count). The Kier molecular flexibility index (Phi) is 68.7. The van der Waals surface area contributed by atoms with Gasteiger partial charge in [0, 0.05) is 24.8 Å². The molecular formula is C42H53Cl3Na6O46. The summed E-state index contributed by atoms with van der Waals surface area (Å²) in [4.78, 5) is 228. The zero-order valence-corrected chi connectivity index (χ0v) is 56.1. The first-order valence-corrected chi connectivity index (χ1v) is 22.0. The summed E-state index contributed by atoms with van der Waals surface area (Å²) in [6.07, 6.45) is -20.5. The molecule has 0 aliphatic heterocycles. The van der Waals surface area contributed by atoms with Crippen molar-refractivity contribution in [1.82, 2.24) is 0 Å². The van der Waals surface area contributed by atoms with Crippen LogP contribution in [-0.2, 0) is 115 Å². The van der Waals surface area contributed by atoms with E-state index in [1.807, 2.05) is 0 Å². The number of carbonyl (C=O) groups is 21. The molecule has 3 unspecified atom stereocenters. The molecule has 0 saturated heterocycles. The van der Waals surface area contributed by atoms with Gasteiger partial charge in [-0.3, -0.25) is 57.5 Å². The fraction of sp³-hybridized carbons (Fsp3) is 0.500. The minimum atomic E-state index is -3.17. The van der Waals surface area contributed by atoms with E-state index in [9.17, 15) is 131 Å². The summed E-state index contributed by atoms with van der Waals surface area (Å²) < 4.78 is 13.0. The van der Waals surface area contributed by atoms with Gasteiger partial charge in [-0.15, -0.1) is 37.2 Å². The summed E-state index contributed by atoms with van der Waals surface area (Å²) in [7, 11) is 0. The second kappa shape index (κ2) is 54.3. The molecule has 0 radical (unpaired) electrons. The van der Waals surface area contributed by atoms with Crippen molar-refractivity contribution < 1.29 is 316 Å². The predicted molar refractivity (Wildman–Crippen MR) is 284 cm³/mol. The van der Waals surface area contributed by atoms with E-state index in [1.54, 1.807) is 0 Å². The quantitative estimate of drug-likeness (QED) is 0.0155. The molecule has 0 spiro atoms. The van der Waals surface area contributed by atoms with E-state index >= 15 is 0 Å². The SMILES string of the molecule is Cl.Cl.Cl.O=C(O)CC(O)(CC(=O)OC(CC(=O)O)(CC(=O)O)C(=O)O)C(=O)O.O=C(O)CC(O)(CC(=O)OC(CC(=O)O)(CC(=O)O)C(=O)O)C(=O)O.O=C(O)CC(O)(CC(=O)OC(CC(=O)O)(CC(=O)O)C(=O)O)C(=O)O.O=C([O-])CC(O)(CC(=O)[O-])C(=O)[O-].[Na+].[Na+].[Na+].[NaH].[NaH].[NaH]. The topological polar surface area (TPSA) is 840 Å². The van der Waals surface area contributed by atoms with E-state index in [2.05, 4.69) is 14.2 Å². The van der Waals surface area contributed by atoms with E-state index in [1.165, 1.54) is 0 Å². The number of aliphatic hydroxyl groups is 4. The molecule has 19 N–H and O–H groups in total. The minimum absolute atomic E-state index is 0. The fourth-order valence-corrected chi connectivity index (χ4v) is 6.01. The van der Waals surface area contributed by atoms with E-state index in [-0.39, 0.29) is 215 Å². The van der Waals surface area contributed by atoms with Crippen molar-refractivity contribution in [2.45, 2.75) is 129 Å². The van der Waals surface area contributed by atoms with Crippen LogP contribution in [0, 0.1) is 0 Å². The number of esters is 3. The van der Waals surface area contributed by atoms with Crippen LogP contribution >= 0.6 is 37.2 Å². The Hall–Kier alpha value is -4.42. The van der Waals surface area contributed by atoms with Gasteiger partial charge in [-0.2, -0.15) is 0 Å². The van der Waals surface area contributed by atoms with Crippen molar-refractivity contribution in [3.63, 3.8) is 0 Å². The van der Waals surface area contributed by atoms with Crippen LogP contribution in [0.2, 0.25) is 0 Å². The van der Waals surface area contributed by atoms with Crippen LogP contribution in [0.15, 0.2) is 0 Å². The Labute approximate surface area is 688 Å². The zero-order valence-electron chi connectivity index (χ0n) is 47.6. The van der Waals surface area contributed by atoms with Gasteiger partial charge in [-0.1, -0.05) is 0 Å². The van der Waals surface area contributed by atoms with E-state index < -0.39 is 254 Å². The van der Waals surface area contributed by atoms with Crippen LogP contribution < -0.4 is 104 Å². The van der Waals surface area contributed by atoms with Crippen LogP contribution in [-0.4, -0.2) is 350 Å². The Morgan fingerprint density at radius 1 is 0.237 bits per heavy atom. The zero-order chi connectivity index (χ0) is 70.6. The number of halogens is 3. The van der Waals surface area contributed by atoms with Crippen LogP contribution in [0.25, 0.3) is 0 Å². The van der Waals surface area contributed by atoms with Gasteiger partial charge in [0.1, 0.15) is 5.60 Å². The average molecular weight is 1540 g/mol. The molecule has 0 heterocycles. The van der Waals surface area contributed by atoms with Crippen LogP contribution in [0.4, 0.5) is 0 Å². The van der Waals surface area contributed by atoms with Gasteiger partial charge in [-0.25, -0.2) is 28.8 Å². The summed E-state index contributed by atoms with van der Waals surface area (Å²) >= 11 is 0. The second-order valence-corrected chi connectivity index (χ2v) is 17.4. The molecule has 0 fully saturated rings. The number of carbonyl (C=O) groups excluding carboxylic acids is 6. The molecule has 97 heavy (non-hydrogen) atoms. The van der Waals surface area contributed by atoms with E-state index in [0.717, 1.165) is 0 Å². The van der Waals surface area contributed by atoms with E-state index in [4.69, 9.17) is 81.7 Å². The van der Waals surface area contributed by atoms with Crippen molar-refractivity contribution >= 4 is 251 Å². The van der Waals surface area contributed by atoms with Gasteiger partial charge in [0.05, 0.1) is 83.0 Å². The molecule has 524 valence electrons.